The Morgan fingerprint density at radius 3 is 2.58 bits per heavy atom. The first-order valence-corrected chi connectivity index (χ1v) is 6.12. The summed E-state index contributed by atoms with van der Waals surface area (Å²) >= 11 is 0. The van der Waals surface area contributed by atoms with Crippen LogP contribution in [0, 0.1) is 16.0 Å². The summed E-state index contributed by atoms with van der Waals surface area (Å²) in [6.45, 7) is 3.88. The van der Waals surface area contributed by atoms with Crippen molar-refractivity contribution in [1.82, 2.24) is 0 Å². The number of carboxylic acid groups (broad SMARTS) is 1. The van der Waals surface area contributed by atoms with E-state index < -0.39 is 10.9 Å². The lowest BCUT2D eigenvalue weighted by molar-refractivity contribution is -0.384. The number of hydrogen-bond acceptors (Lipinski definition) is 4. The van der Waals surface area contributed by atoms with Crippen molar-refractivity contribution in [3.05, 3.63) is 33.9 Å². The van der Waals surface area contributed by atoms with Gasteiger partial charge in [0.15, 0.2) is 0 Å². The quantitative estimate of drug-likeness (QED) is 0.630. The highest BCUT2D eigenvalue weighted by Crippen LogP contribution is 2.43. The van der Waals surface area contributed by atoms with E-state index in [9.17, 15) is 14.9 Å². The first kappa shape index (κ1) is 13.3. The third kappa shape index (κ3) is 2.67. The number of para-hydroxylation sites is 1. The zero-order valence-electron chi connectivity index (χ0n) is 10.8. The molecule has 1 aliphatic rings. The smallest absolute Gasteiger partial charge is 0.338 e. The summed E-state index contributed by atoms with van der Waals surface area (Å²) in [6.07, 6.45) is 2.12. The van der Waals surface area contributed by atoms with Gasteiger partial charge in [0.2, 0.25) is 0 Å². The lowest BCUT2D eigenvalue weighted by Crippen LogP contribution is -2.34. The Hall–Kier alpha value is -2.11. The molecule has 0 spiro atoms. The molecule has 0 aliphatic heterocycles. The van der Waals surface area contributed by atoms with Crippen LogP contribution in [-0.4, -0.2) is 21.5 Å². The van der Waals surface area contributed by atoms with Gasteiger partial charge in [-0.2, -0.15) is 0 Å². The monoisotopic (exact) mass is 264 g/mol. The van der Waals surface area contributed by atoms with Gasteiger partial charge in [-0.3, -0.25) is 10.1 Å². The van der Waals surface area contributed by atoms with Gasteiger partial charge in [-0.25, -0.2) is 4.79 Å². The highest BCUT2D eigenvalue weighted by Gasteiger charge is 2.39. The third-order valence-electron chi connectivity index (χ3n) is 3.51. The van der Waals surface area contributed by atoms with Gasteiger partial charge in [0.05, 0.1) is 10.5 Å². The molecule has 6 nitrogen and oxygen atoms in total. The first-order chi connectivity index (χ1) is 8.83. The molecule has 0 bridgehead atoms. The molecule has 1 saturated carbocycles. The topological polar surface area (TPSA) is 92.5 Å². The second-order valence-corrected chi connectivity index (χ2v) is 5.38. The van der Waals surface area contributed by atoms with Crippen molar-refractivity contribution < 1.29 is 14.8 Å². The predicted octanol–water partition coefficient (Wildman–Crippen LogP) is 2.89. The van der Waals surface area contributed by atoms with Crippen LogP contribution in [0.1, 0.15) is 37.0 Å². The Labute approximate surface area is 110 Å². The number of nitro benzene ring substituents is 1. The van der Waals surface area contributed by atoms with Gasteiger partial charge >= 0.3 is 5.97 Å². The number of nitrogens with zero attached hydrogens (tertiary/aromatic N) is 1. The van der Waals surface area contributed by atoms with Gasteiger partial charge in [-0.15, -0.1) is 0 Å². The van der Waals surface area contributed by atoms with Crippen LogP contribution in [0.15, 0.2) is 18.2 Å². The van der Waals surface area contributed by atoms with Crippen molar-refractivity contribution in [2.24, 2.45) is 5.92 Å². The second kappa shape index (κ2) is 4.53. The van der Waals surface area contributed by atoms with E-state index in [4.69, 9.17) is 5.11 Å². The van der Waals surface area contributed by atoms with Crippen molar-refractivity contribution in [2.75, 3.05) is 5.32 Å². The molecule has 0 amide bonds. The Morgan fingerprint density at radius 1 is 1.47 bits per heavy atom. The largest absolute Gasteiger partial charge is 0.478 e. The van der Waals surface area contributed by atoms with Crippen LogP contribution in [0.2, 0.25) is 0 Å². The van der Waals surface area contributed by atoms with Crippen LogP contribution in [0.4, 0.5) is 11.4 Å². The van der Waals surface area contributed by atoms with Crippen molar-refractivity contribution in [3.63, 3.8) is 0 Å². The SMILES string of the molecule is CC(C)(Nc1c(C(=O)O)cccc1[N+](=O)[O-])C1CC1. The second-order valence-electron chi connectivity index (χ2n) is 5.38. The summed E-state index contributed by atoms with van der Waals surface area (Å²) in [5.41, 5.74) is -0.524. The fourth-order valence-electron chi connectivity index (χ4n) is 2.23. The van der Waals surface area contributed by atoms with E-state index in [-0.39, 0.29) is 22.5 Å². The van der Waals surface area contributed by atoms with E-state index in [0.717, 1.165) is 12.8 Å². The van der Waals surface area contributed by atoms with E-state index in [1.54, 1.807) is 0 Å². The molecule has 2 N–H and O–H groups in total. The molecule has 1 aliphatic carbocycles. The Morgan fingerprint density at radius 2 is 2.11 bits per heavy atom. The minimum atomic E-state index is -1.17. The minimum absolute atomic E-state index is 0.0667. The van der Waals surface area contributed by atoms with Crippen molar-refractivity contribution >= 4 is 17.3 Å². The molecule has 102 valence electrons. The maximum Gasteiger partial charge on any atom is 0.338 e. The van der Waals surface area contributed by atoms with Crippen LogP contribution < -0.4 is 5.32 Å². The van der Waals surface area contributed by atoms with Crippen LogP contribution in [0.5, 0.6) is 0 Å². The average Bonchev–Trinajstić information content (AvgIpc) is 3.11. The standard InChI is InChI=1S/C13H16N2O4/c1-13(2,8-6-7-8)14-11-9(12(16)17)4-3-5-10(11)15(18)19/h3-5,8,14H,6-7H2,1-2H3,(H,16,17). The molecule has 1 fully saturated rings. The van der Waals surface area contributed by atoms with Gasteiger partial charge in [0.25, 0.3) is 5.69 Å². The molecule has 0 saturated heterocycles. The molecule has 0 radical (unpaired) electrons. The zero-order chi connectivity index (χ0) is 14.2. The van der Waals surface area contributed by atoms with Gasteiger partial charge < -0.3 is 10.4 Å². The number of carboxylic acids is 1. The average molecular weight is 264 g/mol. The summed E-state index contributed by atoms with van der Waals surface area (Å²) in [5.74, 6) is -0.744. The van der Waals surface area contributed by atoms with Gasteiger partial charge in [0, 0.05) is 11.6 Å². The van der Waals surface area contributed by atoms with E-state index in [1.165, 1.54) is 18.2 Å². The van der Waals surface area contributed by atoms with Crippen molar-refractivity contribution in [2.45, 2.75) is 32.2 Å². The number of nitro groups is 1. The third-order valence-corrected chi connectivity index (χ3v) is 3.51. The lowest BCUT2D eigenvalue weighted by Gasteiger charge is -2.28. The normalized spacial score (nSPS) is 15.1. The fourth-order valence-corrected chi connectivity index (χ4v) is 2.23. The molecular weight excluding hydrogens is 248 g/mol. The van der Waals surface area contributed by atoms with E-state index >= 15 is 0 Å². The first-order valence-electron chi connectivity index (χ1n) is 6.12. The van der Waals surface area contributed by atoms with Crippen LogP contribution in [0.25, 0.3) is 0 Å². The lowest BCUT2D eigenvalue weighted by atomic mass is 9.97. The molecular formula is C13H16N2O4. The minimum Gasteiger partial charge on any atom is -0.478 e. The molecule has 2 rings (SSSR count). The van der Waals surface area contributed by atoms with Gasteiger partial charge in [-0.05, 0) is 38.7 Å². The highest BCUT2D eigenvalue weighted by atomic mass is 16.6. The fraction of sp³-hybridized carbons (Fsp3) is 0.462. The number of hydrogen-bond donors (Lipinski definition) is 2. The summed E-state index contributed by atoms with van der Waals surface area (Å²) in [4.78, 5) is 21.7. The van der Waals surface area contributed by atoms with Gasteiger partial charge in [-0.1, -0.05) is 6.07 Å². The molecule has 1 aromatic carbocycles. The van der Waals surface area contributed by atoms with Gasteiger partial charge in [0.1, 0.15) is 5.69 Å². The highest BCUT2D eigenvalue weighted by molar-refractivity contribution is 5.97. The molecule has 1 aromatic rings. The Balaban J connectivity index is 2.45. The number of nitrogens with one attached hydrogen (secondary N) is 1. The molecule has 19 heavy (non-hydrogen) atoms. The zero-order valence-corrected chi connectivity index (χ0v) is 10.8. The number of aromatic carboxylic acids is 1. The predicted molar refractivity (Wildman–Crippen MR) is 70.5 cm³/mol. The maximum atomic E-state index is 11.2. The number of benzene rings is 1. The molecule has 0 unspecified atom stereocenters. The summed E-state index contributed by atoms with van der Waals surface area (Å²) in [5, 5.41) is 23.3. The number of rotatable bonds is 5. The number of carbonyl (C=O) groups is 1. The Kier molecular flexibility index (Phi) is 3.18. The van der Waals surface area contributed by atoms with Crippen LogP contribution >= 0.6 is 0 Å². The molecule has 6 heteroatoms. The number of anilines is 1. The molecule has 0 aromatic heterocycles. The van der Waals surface area contributed by atoms with Crippen LogP contribution in [-0.2, 0) is 0 Å². The molecule has 0 heterocycles. The van der Waals surface area contributed by atoms with Crippen LogP contribution in [0.3, 0.4) is 0 Å². The van der Waals surface area contributed by atoms with E-state index in [0.29, 0.717) is 5.92 Å². The Bertz CT molecular complexity index is 503. The summed E-state index contributed by atoms with van der Waals surface area (Å²) in [7, 11) is 0. The van der Waals surface area contributed by atoms with E-state index in [2.05, 4.69) is 5.32 Å². The van der Waals surface area contributed by atoms with Crippen molar-refractivity contribution in [1.29, 1.82) is 0 Å². The molecule has 0 atom stereocenters. The summed E-state index contributed by atoms with van der Waals surface area (Å²) in [6, 6.07) is 4.08. The maximum absolute atomic E-state index is 11.2. The van der Waals surface area contributed by atoms with Crippen molar-refractivity contribution in [3.8, 4) is 0 Å². The summed E-state index contributed by atoms with van der Waals surface area (Å²) < 4.78 is 0. The van der Waals surface area contributed by atoms with E-state index in [1.807, 2.05) is 13.8 Å².